The fourth-order valence-electron chi connectivity index (χ4n) is 3.37. The van der Waals surface area contributed by atoms with Crippen molar-refractivity contribution in [3.8, 4) is 11.8 Å². The van der Waals surface area contributed by atoms with Gasteiger partial charge in [0.2, 0.25) is 5.82 Å². The van der Waals surface area contributed by atoms with E-state index in [0.29, 0.717) is 5.56 Å². The van der Waals surface area contributed by atoms with Gasteiger partial charge in [-0.1, -0.05) is 24.1 Å². The van der Waals surface area contributed by atoms with Crippen molar-refractivity contribution < 1.29 is 180 Å². The van der Waals surface area contributed by atoms with Crippen molar-refractivity contribution in [3.05, 3.63) is 48.0 Å². The summed E-state index contributed by atoms with van der Waals surface area (Å²) in [6, 6.07) is 8.89. The second-order valence-electron chi connectivity index (χ2n) is 7.72. The molecular formula is C18H16N5Na4O13P3. The van der Waals surface area contributed by atoms with Crippen LogP contribution in [-0.4, -0.2) is 54.7 Å². The molecule has 18 nitrogen and oxygen atoms in total. The largest absolute Gasteiger partial charge is 1.00 e. The fraction of sp³-hybridized carbons (Fsp3) is 0.278. The molecule has 0 saturated carbocycles. The van der Waals surface area contributed by atoms with Gasteiger partial charge >= 0.3 is 118 Å². The van der Waals surface area contributed by atoms with Gasteiger partial charge in [0.15, 0.2) is 17.7 Å². The van der Waals surface area contributed by atoms with Crippen molar-refractivity contribution in [3.63, 3.8) is 0 Å². The third-order valence-corrected chi connectivity index (χ3v) is 8.61. The first-order valence-corrected chi connectivity index (χ1v) is 14.8. The Bertz CT molecular complexity index is 1590. The normalized spacial score (nSPS) is 22.3. The number of phosphoric ester groups is 1. The van der Waals surface area contributed by atoms with Crippen LogP contribution in [-0.2, 0) is 31.6 Å². The number of benzene rings is 1. The predicted molar refractivity (Wildman–Crippen MR) is 119 cm³/mol. The van der Waals surface area contributed by atoms with Gasteiger partial charge in [-0.3, -0.25) is 18.0 Å². The minimum absolute atomic E-state index is 0. The zero-order valence-electron chi connectivity index (χ0n) is 23.1. The van der Waals surface area contributed by atoms with Crippen LogP contribution in [0.15, 0.2) is 36.7 Å². The van der Waals surface area contributed by atoms with E-state index in [0.717, 1.165) is 6.33 Å². The molecule has 3 aromatic rings. The number of aromatic nitrogens is 4. The van der Waals surface area contributed by atoms with Gasteiger partial charge in [-0.2, -0.15) is 0 Å². The van der Waals surface area contributed by atoms with E-state index in [1.807, 2.05) is 6.07 Å². The molecule has 4 rings (SSSR count). The van der Waals surface area contributed by atoms with Crippen LogP contribution in [0.4, 0.5) is 5.82 Å². The summed E-state index contributed by atoms with van der Waals surface area (Å²) in [6.45, 7) is -1.11. The molecular weight excluding hydrogens is 679 g/mol. The van der Waals surface area contributed by atoms with Gasteiger partial charge in [0, 0.05) is 5.56 Å². The van der Waals surface area contributed by atoms with Crippen molar-refractivity contribution in [2.24, 2.45) is 0 Å². The molecule has 43 heavy (non-hydrogen) atoms. The molecule has 0 spiro atoms. The van der Waals surface area contributed by atoms with E-state index in [4.69, 9.17) is 10.5 Å². The van der Waals surface area contributed by atoms with Crippen LogP contribution in [0.2, 0.25) is 0 Å². The first-order chi connectivity index (χ1) is 18.1. The Morgan fingerprint density at radius 1 is 0.930 bits per heavy atom. The number of anilines is 1. The van der Waals surface area contributed by atoms with Crippen LogP contribution in [0.25, 0.3) is 11.2 Å². The fourth-order valence-corrected chi connectivity index (χ4v) is 6.24. The average molecular weight is 695 g/mol. The molecule has 1 aliphatic heterocycles. The molecule has 0 aliphatic carbocycles. The van der Waals surface area contributed by atoms with Gasteiger partial charge in [0.25, 0.3) is 15.6 Å². The maximum absolute atomic E-state index is 11.8. The van der Waals surface area contributed by atoms with Crippen LogP contribution in [0.1, 0.15) is 17.6 Å². The monoisotopic (exact) mass is 695 g/mol. The molecule has 3 heterocycles. The Labute approximate surface area is 332 Å². The summed E-state index contributed by atoms with van der Waals surface area (Å²) in [5, 5.41) is 20.9. The summed E-state index contributed by atoms with van der Waals surface area (Å²) in [7, 11) is -18.2. The number of fused-ring (bicyclic) bond motifs is 1. The minimum atomic E-state index is -6.18. The van der Waals surface area contributed by atoms with E-state index in [2.05, 4.69) is 39.9 Å². The number of rotatable bonds is 8. The van der Waals surface area contributed by atoms with Crippen molar-refractivity contribution in [1.82, 2.24) is 19.5 Å². The van der Waals surface area contributed by atoms with Crippen LogP contribution in [0.5, 0.6) is 0 Å². The van der Waals surface area contributed by atoms with Crippen molar-refractivity contribution in [2.75, 3.05) is 12.3 Å². The predicted octanol–water partition coefficient (Wildman–Crippen LogP) is -14.7. The van der Waals surface area contributed by atoms with Gasteiger partial charge in [0.1, 0.15) is 23.8 Å². The third kappa shape index (κ3) is 12.4. The van der Waals surface area contributed by atoms with Gasteiger partial charge in [-0.05, 0) is 18.1 Å². The summed E-state index contributed by atoms with van der Waals surface area (Å²) in [6.07, 6.45) is -5.36. The molecule has 1 saturated heterocycles. The average Bonchev–Trinajstić information content (AvgIpc) is 3.36. The number of hydrogen-bond donors (Lipinski definition) is 3. The number of ether oxygens (including phenoxy) is 1. The smallest absolute Gasteiger partial charge is 0.790 e. The first-order valence-electron chi connectivity index (χ1n) is 10.4. The molecule has 0 bridgehead atoms. The molecule has 1 fully saturated rings. The Balaban J connectivity index is 0.00000441. The number of nitrogen functional groups attached to an aromatic ring is 1. The van der Waals surface area contributed by atoms with Gasteiger partial charge in [0.05, 0.1) is 20.8 Å². The molecule has 25 heteroatoms. The summed E-state index contributed by atoms with van der Waals surface area (Å²) >= 11 is 0. The number of aliphatic hydroxyl groups excluding tert-OH is 2. The Morgan fingerprint density at radius 2 is 1.56 bits per heavy atom. The van der Waals surface area contributed by atoms with E-state index < -0.39 is 54.6 Å². The number of phosphoric acid groups is 3. The minimum Gasteiger partial charge on any atom is -0.790 e. The molecule has 0 amide bonds. The van der Waals surface area contributed by atoms with E-state index >= 15 is 0 Å². The second-order valence-corrected chi connectivity index (χ2v) is 12.0. The molecule has 1 aromatic carbocycles. The number of hydrogen-bond acceptors (Lipinski definition) is 17. The number of nitrogens with zero attached hydrogens (tertiary/aromatic N) is 4. The quantitative estimate of drug-likeness (QED) is 0.112. The standard InChI is InChI=1S/C18H20N5O13P3.4Na/c19-16-13-17(22-12(21-16)7-6-10-4-2-1-3-5-10)23(9-20-13)18-15(25)14(24)11(34-18)8-33-38(29,30)36-39(31,32)35-37(26,27)28;;;;/h1-5,9,11,14-15,18,24-25H,8H2,(H,29,30)(H,31,32)(H2,19,21,22)(H2,26,27,28);;;;/q;4*+1/p-4/t11-,14-,15-,18?;;;;/m1..../s1. The van der Waals surface area contributed by atoms with Crippen molar-refractivity contribution in [1.29, 1.82) is 0 Å². The van der Waals surface area contributed by atoms with Gasteiger partial charge < -0.3 is 49.3 Å². The molecule has 210 valence electrons. The Kier molecular flexibility index (Phi) is 18.9. The molecule has 0 radical (unpaired) electrons. The van der Waals surface area contributed by atoms with Gasteiger partial charge in [-0.15, -0.1) is 0 Å². The maximum Gasteiger partial charge on any atom is 1.00 e. The van der Waals surface area contributed by atoms with E-state index in [-0.39, 0.29) is 141 Å². The number of aliphatic hydroxyl groups is 2. The van der Waals surface area contributed by atoms with E-state index in [9.17, 15) is 43.5 Å². The zero-order chi connectivity index (χ0) is 28.6. The number of imidazole rings is 1. The number of nitrogens with two attached hydrogens (primary N) is 1. The first kappa shape index (κ1) is 44.4. The summed E-state index contributed by atoms with van der Waals surface area (Å²) in [5.41, 5.74) is 6.76. The molecule has 4 N–H and O–H groups in total. The van der Waals surface area contributed by atoms with Crippen LogP contribution in [0, 0.1) is 11.8 Å². The van der Waals surface area contributed by atoms with E-state index in [1.54, 1.807) is 24.3 Å². The zero-order valence-corrected chi connectivity index (χ0v) is 33.8. The maximum atomic E-state index is 11.8. The molecule has 2 aromatic heterocycles. The van der Waals surface area contributed by atoms with Crippen LogP contribution >= 0.6 is 23.5 Å². The topological polar surface area (TPSA) is 290 Å². The Morgan fingerprint density at radius 3 is 2.16 bits per heavy atom. The third-order valence-electron chi connectivity index (χ3n) is 4.95. The summed E-state index contributed by atoms with van der Waals surface area (Å²) in [4.78, 5) is 56.3. The molecule has 1 aliphatic rings. The van der Waals surface area contributed by atoms with E-state index in [1.165, 1.54) is 4.57 Å². The van der Waals surface area contributed by atoms with Crippen molar-refractivity contribution in [2.45, 2.75) is 24.5 Å². The molecule has 6 atom stereocenters. The SMILES string of the molecule is Nc1nc(C#Cc2ccccc2)nc2c1ncn2C1O[C@H](COP(=O)([O-])OP(=O)([O-])OP(=O)([O-])[O-])[C@@H](O)[C@H]1O.[Na+].[Na+].[Na+].[Na+]. The van der Waals surface area contributed by atoms with Crippen LogP contribution < -0.4 is 144 Å². The van der Waals surface area contributed by atoms with Crippen molar-refractivity contribution >= 4 is 40.4 Å². The van der Waals surface area contributed by atoms with Gasteiger partial charge in [-0.25, -0.2) is 19.3 Å². The Hall–Kier alpha value is 1.42. The molecule has 3 unspecified atom stereocenters. The summed E-state index contributed by atoms with van der Waals surface area (Å²) in [5.74, 6) is 5.52. The van der Waals surface area contributed by atoms with Crippen LogP contribution in [0.3, 0.4) is 0 Å². The second kappa shape index (κ2) is 18.3. The summed E-state index contributed by atoms with van der Waals surface area (Å²) < 4.78 is 51.0.